The molecule has 0 amide bonds. The predicted octanol–water partition coefficient (Wildman–Crippen LogP) is 3.25. The van der Waals surface area contributed by atoms with Crippen molar-refractivity contribution in [3.8, 4) is 0 Å². The van der Waals surface area contributed by atoms with Gasteiger partial charge in [0, 0.05) is 6.42 Å². The lowest BCUT2D eigenvalue weighted by molar-refractivity contribution is 0.0884. The van der Waals surface area contributed by atoms with Gasteiger partial charge in [-0.15, -0.1) is 0 Å². The average molecular weight is 224 g/mol. The Balaban J connectivity index is 2.80. The van der Waals surface area contributed by atoms with Gasteiger partial charge in [0.05, 0.1) is 6.61 Å². The molecule has 0 radical (unpaired) electrons. The molecule has 0 aromatic heterocycles. The highest BCUT2D eigenvalue weighted by Crippen LogP contribution is 2.24. The second kappa shape index (κ2) is 4.54. The third-order valence-corrected chi connectivity index (χ3v) is 2.72. The quantitative estimate of drug-likeness (QED) is 0.835. The van der Waals surface area contributed by atoms with Crippen LogP contribution in [0.15, 0.2) is 24.3 Å². The number of aliphatic hydroxyl groups is 1. The maximum atomic E-state index is 13.6. The molecule has 0 saturated carbocycles. The minimum absolute atomic E-state index is 0.120. The fourth-order valence-electron chi connectivity index (χ4n) is 1.60. The molecule has 1 aromatic carbocycles. The summed E-state index contributed by atoms with van der Waals surface area (Å²) in [6.07, 6.45) is 0.258. The van der Waals surface area contributed by atoms with E-state index in [0.29, 0.717) is 0 Å². The van der Waals surface area contributed by atoms with Crippen LogP contribution in [0.25, 0.3) is 0 Å². The van der Waals surface area contributed by atoms with Crippen molar-refractivity contribution in [2.45, 2.75) is 45.2 Å². The van der Waals surface area contributed by atoms with Crippen LogP contribution in [0, 0.1) is 0 Å². The largest absolute Gasteiger partial charge is 0.393 e. The highest BCUT2D eigenvalue weighted by molar-refractivity contribution is 5.28. The van der Waals surface area contributed by atoms with Gasteiger partial charge in [-0.25, -0.2) is 4.39 Å². The van der Waals surface area contributed by atoms with E-state index in [-0.39, 0.29) is 11.8 Å². The smallest absolute Gasteiger partial charge is 0.135 e. The lowest BCUT2D eigenvalue weighted by atomic mass is 9.86. The number of hydrogen-bond donors (Lipinski definition) is 1. The molecule has 2 heteroatoms. The second-order valence-corrected chi connectivity index (χ2v) is 5.70. The van der Waals surface area contributed by atoms with Crippen molar-refractivity contribution in [3.05, 3.63) is 35.4 Å². The highest BCUT2D eigenvalue weighted by atomic mass is 19.1. The SMILES string of the molecule is CC(F)(CO)Cc1ccc(C(C)(C)C)cc1. The maximum Gasteiger partial charge on any atom is 0.135 e. The summed E-state index contributed by atoms with van der Waals surface area (Å²) in [5.41, 5.74) is 0.755. The van der Waals surface area contributed by atoms with E-state index in [2.05, 4.69) is 20.8 Å². The van der Waals surface area contributed by atoms with Crippen molar-refractivity contribution in [2.75, 3.05) is 6.61 Å². The van der Waals surface area contributed by atoms with E-state index >= 15 is 0 Å². The van der Waals surface area contributed by atoms with Crippen molar-refractivity contribution in [3.63, 3.8) is 0 Å². The van der Waals surface area contributed by atoms with Crippen LogP contribution in [0.5, 0.6) is 0 Å². The van der Waals surface area contributed by atoms with Crippen molar-refractivity contribution in [2.24, 2.45) is 0 Å². The van der Waals surface area contributed by atoms with Crippen LogP contribution in [-0.2, 0) is 11.8 Å². The van der Waals surface area contributed by atoms with Gasteiger partial charge in [0.15, 0.2) is 0 Å². The lowest BCUT2D eigenvalue weighted by Crippen LogP contribution is -2.26. The van der Waals surface area contributed by atoms with Crippen LogP contribution in [0.1, 0.15) is 38.8 Å². The zero-order valence-corrected chi connectivity index (χ0v) is 10.5. The Labute approximate surface area is 97.3 Å². The molecule has 1 unspecified atom stereocenters. The van der Waals surface area contributed by atoms with E-state index in [1.807, 2.05) is 24.3 Å². The van der Waals surface area contributed by atoms with Gasteiger partial charge in [-0.05, 0) is 23.5 Å². The third kappa shape index (κ3) is 3.60. The van der Waals surface area contributed by atoms with Gasteiger partial charge in [-0.1, -0.05) is 45.0 Å². The Kier molecular flexibility index (Phi) is 3.74. The van der Waals surface area contributed by atoms with Gasteiger partial charge in [-0.3, -0.25) is 0 Å². The maximum absolute atomic E-state index is 13.6. The fourth-order valence-corrected chi connectivity index (χ4v) is 1.60. The molecule has 1 N–H and O–H groups in total. The first-order valence-corrected chi connectivity index (χ1v) is 5.64. The summed E-state index contributed by atoms with van der Waals surface area (Å²) in [5, 5.41) is 8.86. The number of alkyl halides is 1. The Morgan fingerprint density at radius 3 is 1.94 bits per heavy atom. The average Bonchev–Trinajstić information content (AvgIpc) is 2.16. The molecule has 0 aliphatic rings. The minimum Gasteiger partial charge on any atom is -0.393 e. The Hall–Kier alpha value is -0.890. The van der Waals surface area contributed by atoms with Crippen LogP contribution < -0.4 is 0 Å². The van der Waals surface area contributed by atoms with Gasteiger partial charge in [0.1, 0.15) is 5.67 Å². The van der Waals surface area contributed by atoms with Gasteiger partial charge in [-0.2, -0.15) is 0 Å². The van der Waals surface area contributed by atoms with E-state index in [4.69, 9.17) is 5.11 Å². The Morgan fingerprint density at radius 1 is 1.06 bits per heavy atom. The van der Waals surface area contributed by atoms with E-state index in [0.717, 1.165) is 5.56 Å². The molecule has 0 saturated heterocycles. The molecule has 0 spiro atoms. The zero-order valence-electron chi connectivity index (χ0n) is 10.5. The van der Waals surface area contributed by atoms with E-state index < -0.39 is 12.3 Å². The molecule has 16 heavy (non-hydrogen) atoms. The topological polar surface area (TPSA) is 20.2 Å². The van der Waals surface area contributed by atoms with Gasteiger partial charge < -0.3 is 5.11 Å². The first-order valence-electron chi connectivity index (χ1n) is 5.64. The standard InChI is InChI=1S/C14H21FO/c1-13(2,3)12-7-5-11(6-8-12)9-14(4,15)10-16/h5-8,16H,9-10H2,1-4H3. The van der Waals surface area contributed by atoms with Crippen LogP contribution in [0.3, 0.4) is 0 Å². The van der Waals surface area contributed by atoms with E-state index in [9.17, 15) is 4.39 Å². The lowest BCUT2D eigenvalue weighted by Gasteiger charge is -2.21. The number of aliphatic hydroxyl groups excluding tert-OH is 1. The van der Waals surface area contributed by atoms with Crippen molar-refractivity contribution >= 4 is 0 Å². The fraction of sp³-hybridized carbons (Fsp3) is 0.571. The number of halogens is 1. The van der Waals surface area contributed by atoms with E-state index in [1.54, 1.807) is 0 Å². The summed E-state index contributed by atoms with van der Waals surface area (Å²) < 4.78 is 13.6. The van der Waals surface area contributed by atoms with E-state index in [1.165, 1.54) is 12.5 Å². The third-order valence-electron chi connectivity index (χ3n) is 2.72. The summed E-state index contributed by atoms with van der Waals surface area (Å²) in [6.45, 7) is 7.43. The zero-order chi connectivity index (χ0) is 12.4. The van der Waals surface area contributed by atoms with Crippen LogP contribution >= 0.6 is 0 Å². The molecule has 1 rings (SSSR count). The van der Waals surface area contributed by atoms with Crippen molar-refractivity contribution in [1.29, 1.82) is 0 Å². The molecular weight excluding hydrogens is 203 g/mol. The molecule has 90 valence electrons. The first kappa shape index (κ1) is 13.2. The first-order chi connectivity index (χ1) is 7.24. The molecule has 0 aliphatic carbocycles. The summed E-state index contributed by atoms with van der Waals surface area (Å²) >= 11 is 0. The summed E-state index contributed by atoms with van der Waals surface area (Å²) in [4.78, 5) is 0. The molecule has 1 atom stereocenters. The number of hydrogen-bond acceptors (Lipinski definition) is 1. The summed E-state index contributed by atoms with van der Waals surface area (Å²) in [7, 11) is 0. The molecule has 1 aromatic rings. The van der Waals surface area contributed by atoms with Gasteiger partial charge in [0.25, 0.3) is 0 Å². The molecular formula is C14H21FO. The predicted molar refractivity (Wildman–Crippen MR) is 65.4 cm³/mol. The highest BCUT2D eigenvalue weighted by Gasteiger charge is 2.22. The van der Waals surface area contributed by atoms with Gasteiger partial charge in [0.2, 0.25) is 0 Å². The minimum atomic E-state index is -1.52. The number of rotatable bonds is 3. The summed E-state index contributed by atoms with van der Waals surface area (Å²) in [5.74, 6) is 0. The molecule has 0 heterocycles. The molecule has 0 fully saturated rings. The Bertz CT molecular complexity index is 333. The van der Waals surface area contributed by atoms with Gasteiger partial charge >= 0.3 is 0 Å². The van der Waals surface area contributed by atoms with Crippen LogP contribution in [0.2, 0.25) is 0 Å². The molecule has 1 nitrogen and oxygen atoms in total. The normalized spacial score (nSPS) is 15.9. The summed E-state index contributed by atoms with van der Waals surface area (Å²) in [6, 6.07) is 7.94. The van der Waals surface area contributed by atoms with Crippen molar-refractivity contribution in [1.82, 2.24) is 0 Å². The monoisotopic (exact) mass is 224 g/mol. The Morgan fingerprint density at radius 2 is 1.56 bits per heavy atom. The number of benzene rings is 1. The molecule has 0 aliphatic heterocycles. The second-order valence-electron chi connectivity index (χ2n) is 5.70. The molecule has 0 bridgehead atoms. The van der Waals surface area contributed by atoms with Crippen LogP contribution in [0.4, 0.5) is 4.39 Å². The van der Waals surface area contributed by atoms with Crippen LogP contribution in [-0.4, -0.2) is 17.4 Å². The van der Waals surface area contributed by atoms with Crippen molar-refractivity contribution < 1.29 is 9.50 Å².